The van der Waals surface area contributed by atoms with Crippen molar-refractivity contribution in [2.75, 3.05) is 51.3 Å². The molecule has 27 heavy (non-hydrogen) atoms. The average Bonchev–Trinajstić information content (AvgIpc) is 2.72. The first kappa shape index (κ1) is 18.3. The highest BCUT2D eigenvalue weighted by atomic mass is 19.1. The lowest BCUT2D eigenvalue weighted by Crippen LogP contribution is -2.46. The molecule has 0 bridgehead atoms. The number of methoxy groups -OCH3 is 1. The zero-order valence-electron chi connectivity index (χ0n) is 15.9. The molecule has 5 heteroatoms. The maximum absolute atomic E-state index is 13.5. The molecule has 4 rings (SSSR count). The minimum atomic E-state index is -0.149. The van der Waals surface area contributed by atoms with Crippen LogP contribution in [0.2, 0.25) is 0 Å². The minimum Gasteiger partial charge on any atom is -0.497 e. The third kappa shape index (κ3) is 4.25. The lowest BCUT2D eigenvalue weighted by Gasteiger charge is -2.37. The highest BCUT2D eigenvalue weighted by Crippen LogP contribution is 2.30. The van der Waals surface area contributed by atoms with E-state index in [1.54, 1.807) is 19.2 Å². The van der Waals surface area contributed by atoms with Crippen molar-refractivity contribution < 1.29 is 13.9 Å². The number of hydrogen-bond donors (Lipinski definition) is 0. The van der Waals surface area contributed by atoms with Gasteiger partial charge in [0.25, 0.3) is 0 Å². The third-order valence-electron chi connectivity index (χ3n) is 5.66. The van der Waals surface area contributed by atoms with Crippen LogP contribution in [0.25, 0.3) is 0 Å². The van der Waals surface area contributed by atoms with Crippen LogP contribution in [-0.2, 0) is 11.2 Å². The second-order valence-electron chi connectivity index (χ2n) is 7.27. The molecule has 0 aliphatic carbocycles. The fraction of sp³-hybridized carbons (Fsp3) is 0.455. The Balaban J connectivity index is 1.29. The van der Waals surface area contributed by atoms with E-state index < -0.39 is 0 Å². The zero-order valence-corrected chi connectivity index (χ0v) is 15.9. The number of hydrogen-bond acceptors (Lipinski definition) is 4. The number of halogens is 1. The Morgan fingerprint density at radius 3 is 2.59 bits per heavy atom. The van der Waals surface area contributed by atoms with Gasteiger partial charge in [0.05, 0.1) is 19.8 Å². The third-order valence-corrected chi connectivity index (χ3v) is 5.66. The number of anilines is 1. The lowest BCUT2D eigenvalue weighted by molar-refractivity contribution is 0.0288. The Kier molecular flexibility index (Phi) is 5.60. The van der Waals surface area contributed by atoms with Crippen molar-refractivity contribution in [3.63, 3.8) is 0 Å². The fourth-order valence-corrected chi connectivity index (χ4v) is 4.07. The van der Waals surface area contributed by atoms with Gasteiger partial charge in [0.2, 0.25) is 0 Å². The van der Waals surface area contributed by atoms with Crippen LogP contribution < -0.4 is 9.64 Å². The van der Waals surface area contributed by atoms with Crippen molar-refractivity contribution in [2.45, 2.75) is 18.9 Å². The fourth-order valence-electron chi connectivity index (χ4n) is 4.07. The molecule has 4 nitrogen and oxygen atoms in total. The summed E-state index contributed by atoms with van der Waals surface area (Å²) in [6, 6.07) is 13.4. The van der Waals surface area contributed by atoms with E-state index in [1.807, 2.05) is 18.2 Å². The van der Waals surface area contributed by atoms with E-state index in [2.05, 4.69) is 21.9 Å². The van der Waals surface area contributed by atoms with Crippen molar-refractivity contribution in [2.24, 2.45) is 0 Å². The van der Waals surface area contributed by atoms with E-state index in [9.17, 15) is 4.39 Å². The molecule has 2 aromatic carbocycles. The van der Waals surface area contributed by atoms with Gasteiger partial charge in [0.15, 0.2) is 0 Å². The molecule has 1 saturated heterocycles. The molecule has 0 radical (unpaired) electrons. The summed E-state index contributed by atoms with van der Waals surface area (Å²) in [4.78, 5) is 4.92. The molecule has 2 aromatic rings. The van der Waals surface area contributed by atoms with Crippen LogP contribution in [0.5, 0.6) is 5.75 Å². The molecular weight excluding hydrogens is 343 g/mol. The molecule has 2 aliphatic heterocycles. The normalized spacial score (nSPS) is 20.4. The summed E-state index contributed by atoms with van der Waals surface area (Å²) in [7, 11) is 1.69. The Hall–Kier alpha value is -2.11. The highest BCUT2D eigenvalue weighted by Gasteiger charge is 2.23. The van der Waals surface area contributed by atoms with Gasteiger partial charge in [0.1, 0.15) is 11.6 Å². The van der Waals surface area contributed by atoms with Crippen LogP contribution in [0.4, 0.5) is 10.1 Å². The topological polar surface area (TPSA) is 24.9 Å². The molecule has 144 valence electrons. The first-order valence-electron chi connectivity index (χ1n) is 9.74. The van der Waals surface area contributed by atoms with Crippen LogP contribution >= 0.6 is 0 Å². The lowest BCUT2D eigenvalue weighted by atomic mass is 9.95. The van der Waals surface area contributed by atoms with Gasteiger partial charge in [-0.3, -0.25) is 4.90 Å². The largest absolute Gasteiger partial charge is 0.497 e. The monoisotopic (exact) mass is 370 g/mol. The summed E-state index contributed by atoms with van der Waals surface area (Å²) in [5, 5.41) is 0. The molecule has 2 heterocycles. The highest BCUT2D eigenvalue weighted by molar-refractivity contribution is 5.49. The molecule has 1 unspecified atom stereocenters. The first-order valence-corrected chi connectivity index (χ1v) is 9.74. The van der Waals surface area contributed by atoms with Gasteiger partial charge in [-0.05, 0) is 60.4 Å². The van der Waals surface area contributed by atoms with Gasteiger partial charge in [-0.25, -0.2) is 4.39 Å². The van der Waals surface area contributed by atoms with E-state index in [4.69, 9.17) is 9.47 Å². The standard InChI is InChI=1S/C22H27FN2O2/c1-26-20-5-3-19(4-6-20)25-13-11-24(12-14-25)10-8-22-21-7-2-18(23)16-17(21)9-15-27-22/h2-7,16,22H,8-15H2,1H3. The van der Waals surface area contributed by atoms with E-state index >= 15 is 0 Å². The predicted molar refractivity (Wildman–Crippen MR) is 105 cm³/mol. The van der Waals surface area contributed by atoms with Gasteiger partial charge in [-0.15, -0.1) is 0 Å². The van der Waals surface area contributed by atoms with E-state index in [0.29, 0.717) is 6.61 Å². The Labute approximate surface area is 160 Å². The van der Waals surface area contributed by atoms with E-state index in [1.165, 1.54) is 11.3 Å². The van der Waals surface area contributed by atoms with Gasteiger partial charge in [-0.1, -0.05) is 6.07 Å². The van der Waals surface area contributed by atoms with Gasteiger partial charge >= 0.3 is 0 Å². The van der Waals surface area contributed by atoms with Crippen molar-refractivity contribution in [3.05, 3.63) is 59.4 Å². The molecule has 0 spiro atoms. The molecule has 0 aromatic heterocycles. The van der Waals surface area contributed by atoms with Crippen LogP contribution in [0.15, 0.2) is 42.5 Å². The van der Waals surface area contributed by atoms with E-state index in [-0.39, 0.29) is 11.9 Å². The number of benzene rings is 2. The van der Waals surface area contributed by atoms with Crippen LogP contribution in [-0.4, -0.2) is 51.3 Å². The number of fused-ring (bicyclic) bond motifs is 1. The average molecular weight is 370 g/mol. The molecule has 2 aliphatic rings. The van der Waals surface area contributed by atoms with Crippen LogP contribution in [0.1, 0.15) is 23.7 Å². The SMILES string of the molecule is COc1ccc(N2CCN(CCC3OCCc4cc(F)ccc43)CC2)cc1. The summed E-state index contributed by atoms with van der Waals surface area (Å²) in [5.41, 5.74) is 3.53. The van der Waals surface area contributed by atoms with Crippen molar-refractivity contribution in [1.82, 2.24) is 4.90 Å². The number of piperazine rings is 1. The summed E-state index contributed by atoms with van der Waals surface area (Å²) < 4.78 is 24.7. The summed E-state index contributed by atoms with van der Waals surface area (Å²) in [6.07, 6.45) is 1.86. The van der Waals surface area contributed by atoms with Crippen molar-refractivity contribution in [3.8, 4) is 5.75 Å². The van der Waals surface area contributed by atoms with E-state index in [0.717, 1.165) is 56.9 Å². The molecule has 1 fully saturated rings. The summed E-state index contributed by atoms with van der Waals surface area (Å²) in [6.45, 7) is 5.85. The van der Waals surface area contributed by atoms with Gasteiger partial charge in [0, 0.05) is 38.4 Å². The van der Waals surface area contributed by atoms with Crippen LogP contribution in [0, 0.1) is 5.82 Å². The maximum atomic E-state index is 13.5. The predicted octanol–water partition coefficient (Wildman–Crippen LogP) is 3.66. The minimum absolute atomic E-state index is 0.0916. The van der Waals surface area contributed by atoms with Crippen molar-refractivity contribution in [1.29, 1.82) is 0 Å². The molecule has 0 N–H and O–H groups in total. The molecule has 1 atom stereocenters. The molecular formula is C22H27FN2O2. The summed E-state index contributed by atoms with van der Waals surface area (Å²) >= 11 is 0. The maximum Gasteiger partial charge on any atom is 0.123 e. The van der Waals surface area contributed by atoms with Crippen molar-refractivity contribution >= 4 is 5.69 Å². The zero-order chi connectivity index (χ0) is 18.6. The van der Waals surface area contributed by atoms with Gasteiger partial charge < -0.3 is 14.4 Å². The number of nitrogens with zero attached hydrogens (tertiary/aromatic N) is 2. The smallest absolute Gasteiger partial charge is 0.123 e. The Morgan fingerprint density at radius 2 is 1.85 bits per heavy atom. The van der Waals surface area contributed by atoms with Gasteiger partial charge in [-0.2, -0.15) is 0 Å². The first-order chi connectivity index (χ1) is 13.2. The second-order valence-corrected chi connectivity index (χ2v) is 7.27. The summed E-state index contributed by atoms with van der Waals surface area (Å²) in [5.74, 6) is 0.745. The quantitative estimate of drug-likeness (QED) is 0.802. The Bertz CT molecular complexity index is 757. The number of rotatable bonds is 5. The molecule has 0 amide bonds. The van der Waals surface area contributed by atoms with Crippen LogP contribution in [0.3, 0.4) is 0 Å². The molecule has 0 saturated carbocycles. The Morgan fingerprint density at radius 1 is 1.07 bits per heavy atom. The second kappa shape index (κ2) is 8.28. The number of ether oxygens (including phenoxy) is 2.